The van der Waals surface area contributed by atoms with Gasteiger partial charge in [0.1, 0.15) is 0 Å². The molecule has 0 fully saturated rings. The minimum atomic E-state index is -1.00. The van der Waals surface area contributed by atoms with E-state index < -0.39 is 12.0 Å². The van der Waals surface area contributed by atoms with Crippen LogP contribution in [0.2, 0.25) is 0 Å². The Morgan fingerprint density at radius 3 is 2.27 bits per heavy atom. The first-order valence-electron chi connectivity index (χ1n) is 3.04. The quantitative estimate of drug-likeness (QED) is 0.427. The molecular formula is C6H12N2O3. The van der Waals surface area contributed by atoms with Crippen LogP contribution in [0, 0.1) is 0 Å². The zero-order valence-electron chi connectivity index (χ0n) is 6.59. The molecule has 0 aliphatic rings. The summed E-state index contributed by atoms with van der Waals surface area (Å²) >= 11 is 0. The fourth-order valence-electron chi connectivity index (χ4n) is 0.181. The molecule has 0 radical (unpaired) electrons. The zero-order valence-corrected chi connectivity index (χ0v) is 6.59. The Bertz CT molecular complexity index is 145. The van der Waals surface area contributed by atoms with Crippen molar-refractivity contribution in [3.05, 3.63) is 12.7 Å². The first kappa shape index (κ1) is 12.3. The van der Waals surface area contributed by atoms with Gasteiger partial charge in [-0.2, -0.15) is 5.90 Å². The van der Waals surface area contributed by atoms with E-state index in [9.17, 15) is 9.59 Å². The standard InChI is InChI=1S/C4H6N2O3.C2H6/c1-2-3(7)6-4(8)9-5;1-2/h2H,1,5H2,(H,6,7,8);1-2H3. The highest BCUT2D eigenvalue weighted by atomic mass is 16.7. The van der Waals surface area contributed by atoms with Gasteiger partial charge < -0.3 is 4.84 Å². The van der Waals surface area contributed by atoms with Gasteiger partial charge in [0.25, 0.3) is 5.91 Å². The Labute approximate surface area is 65.2 Å². The molecule has 0 saturated heterocycles. The summed E-state index contributed by atoms with van der Waals surface area (Å²) in [5, 5.41) is 1.74. The number of nitrogens with two attached hydrogens (primary N) is 1. The van der Waals surface area contributed by atoms with E-state index in [1.807, 2.05) is 13.8 Å². The molecule has 3 N–H and O–H groups in total. The molecule has 64 valence electrons. The lowest BCUT2D eigenvalue weighted by atomic mass is 10.6. The van der Waals surface area contributed by atoms with E-state index >= 15 is 0 Å². The Balaban J connectivity index is 0. The highest BCUT2D eigenvalue weighted by Crippen LogP contribution is 1.69. The van der Waals surface area contributed by atoms with Gasteiger partial charge in [0.15, 0.2) is 0 Å². The fourth-order valence-corrected chi connectivity index (χ4v) is 0.181. The predicted octanol–water partition coefficient (Wildman–Crippen LogP) is 0.325. The van der Waals surface area contributed by atoms with Crippen LogP contribution in [0.25, 0.3) is 0 Å². The number of carbonyl (C=O) groups is 2. The molecule has 5 nitrogen and oxygen atoms in total. The van der Waals surface area contributed by atoms with E-state index in [1.165, 1.54) is 0 Å². The highest BCUT2D eigenvalue weighted by molar-refractivity contribution is 5.97. The van der Waals surface area contributed by atoms with E-state index in [2.05, 4.69) is 17.3 Å². The van der Waals surface area contributed by atoms with Crippen LogP contribution in [0.3, 0.4) is 0 Å². The fraction of sp³-hybridized carbons (Fsp3) is 0.333. The maximum Gasteiger partial charge on any atom is 0.432 e. The van der Waals surface area contributed by atoms with Crippen molar-refractivity contribution in [1.82, 2.24) is 5.32 Å². The van der Waals surface area contributed by atoms with Gasteiger partial charge in [-0.3, -0.25) is 10.1 Å². The molecular weight excluding hydrogens is 148 g/mol. The van der Waals surface area contributed by atoms with Gasteiger partial charge in [-0.15, -0.1) is 0 Å². The lowest BCUT2D eigenvalue weighted by Gasteiger charge is -1.94. The summed E-state index contributed by atoms with van der Waals surface area (Å²) in [7, 11) is 0. The summed E-state index contributed by atoms with van der Waals surface area (Å²) in [5.74, 6) is 3.73. The van der Waals surface area contributed by atoms with Crippen LogP contribution >= 0.6 is 0 Å². The second kappa shape index (κ2) is 8.64. The SMILES string of the molecule is C=CC(=O)NC(=O)ON.CC. The van der Waals surface area contributed by atoms with E-state index in [1.54, 1.807) is 5.32 Å². The number of imide groups is 1. The normalized spacial score (nSPS) is 6.82. The minimum absolute atomic E-state index is 0.648. The topological polar surface area (TPSA) is 81.4 Å². The van der Waals surface area contributed by atoms with Gasteiger partial charge in [-0.05, 0) is 6.08 Å². The summed E-state index contributed by atoms with van der Waals surface area (Å²) in [5.41, 5.74) is 0. The van der Waals surface area contributed by atoms with Crippen LogP contribution in [-0.2, 0) is 9.63 Å². The summed E-state index contributed by atoms with van der Waals surface area (Å²) in [6, 6.07) is 0. The van der Waals surface area contributed by atoms with Gasteiger partial charge in [0.2, 0.25) is 0 Å². The largest absolute Gasteiger partial charge is 0.432 e. The van der Waals surface area contributed by atoms with Crippen LogP contribution in [0.4, 0.5) is 4.79 Å². The number of hydrogen-bond acceptors (Lipinski definition) is 4. The van der Waals surface area contributed by atoms with E-state index in [4.69, 9.17) is 0 Å². The lowest BCUT2D eigenvalue weighted by molar-refractivity contribution is -0.115. The third-order valence-electron chi connectivity index (χ3n) is 0.518. The van der Waals surface area contributed by atoms with Gasteiger partial charge >= 0.3 is 6.09 Å². The van der Waals surface area contributed by atoms with Crippen molar-refractivity contribution in [3.63, 3.8) is 0 Å². The second-order valence-corrected chi connectivity index (χ2v) is 1.10. The second-order valence-electron chi connectivity index (χ2n) is 1.10. The maximum atomic E-state index is 10.2. The monoisotopic (exact) mass is 160 g/mol. The Kier molecular flexibility index (Phi) is 9.68. The number of carbonyl (C=O) groups excluding carboxylic acids is 2. The van der Waals surface area contributed by atoms with Crippen LogP contribution in [-0.4, -0.2) is 12.0 Å². The maximum absolute atomic E-state index is 10.2. The molecule has 0 aliphatic carbocycles. The van der Waals surface area contributed by atoms with E-state index in [0.717, 1.165) is 6.08 Å². The van der Waals surface area contributed by atoms with Crippen molar-refractivity contribution in [1.29, 1.82) is 0 Å². The lowest BCUT2D eigenvalue weighted by Crippen LogP contribution is -2.31. The van der Waals surface area contributed by atoms with Crippen LogP contribution in [0.5, 0.6) is 0 Å². The summed E-state index contributed by atoms with van der Waals surface area (Å²) in [6.45, 7) is 7.09. The van der Waals surface area contributed by atoms with Gasteiger partial charge in [0.05, 0.1) is 0 Å². The number of nitrogens with one attached hydrogen (secondary N) is 1. The Hall–Kier alpha value is -1.36. The first-order valence-corrected chi connectivity index (χ1v) is 3.04. The van der Waals surface area contributed by atoms with Crippen LogP contribution in [0.1, 0.15) is 13.8 Å². The van der Waals surface area contributed by atoms with Crippen molar-refractivity contribution >= 4 is 12.0 Å². The third kappa shape index (κ3) is 8.64. The average Bonchev–Trinajstić information content (AvgIpc) is 2.07. The smallest absolute Gasteiger partial charge is 0.356 e. The average molecular weight is 160 g/mol. The molecule has 0 spiro atoms. The molecule has 0 rings (SSSR count). The Morgan fingerprint density at radius 1 is 1.55 bits per heavy atom. The highest BCUT2D eigenvalue weighted by Gasteiger charge is 2.01. The number of hydrogen-bond donors (Lipinski definition) is 2. The van der Waals surface area contributed by atoms with Crippen molar-refractivity contribution < 1.29 is 14.4 Å². The van der Waals surface area contributed by atoms with Crippen LogP contribution in [0.15, 0.2) is 12.7 Å². The summed E-state index contributed by atoms with van der Waals surface area (Å²) < 4.78 is 0. The predicted molar refractivity (Wildman–Crippen MR) is 40.4 cm³/mol. The van der Waals surface area contributed by atoms with Crippen molar-refractivity contribution in [3.8, 4) is 0 Å². The van der Waals surface area contributed by atoms with Gasteiger partial charge in [-0.1, -0.05) is 20.4 Å². The molecule has 0 unspecified atom stereocenters. The first-order chi connectivity index (χ1) is 5.20. The molecule has 5 heteroatoms. The molecule has 0 bridgehead atoms. The molecule has 0 aromatic rings. The van der Waals surface area contributed by atoms with Crippen molar-refractivity contribution in [2.45, 2.75) is 13.8 Å². The molecule has 0 aromatic heterocycles. The molecule has 0 heterocycles. The van der Waals surface area contributed by atoms with Gasteiger partial charge in [-0.25, -0.2) is 4.79 Å². The van der Waals surface area contributed by atoms with Crippen LogP contribution < -0.4 is 11.2 Å². The van der Waals surface area contributed by atoms with E-state index in [-0.39, 0.29) is 0 Å². The third-order valence-corrected chi connectivity index (χ3v) is 0.518. The van der Waals surface area contributed by atoms with Gasteiger partial charge in [0, 0.05) is 0 Å². The molecule has 11 heavy (non-hydrogen) atoms. The summed E-state index contributed by atoms with van der Waals surface area (Å²) in [6.07, 6.45) is -0.0726. The zero-order chi connectivity index (χ0) is 9.28. The van der Waals surface area contributed by atoms with Crippen molar-refractivity contribution in [2.75, 3.05) is 0 Å². The molecule has 0 saturated carbocycles. The number of amides is 2. The summed E-state index contributed by atoms with van der Waals surface area (Å²) in [4.78, 5) is 23.9. The molecule has 2 amide bonds. The van der Waals surface area contributed by atoms with E-state index in [0.29, 0.717) is 0 Å². The Morgan fingerprint density at radius 2 is 2.00 bits per heavy atom. The molecule has 0 aromatic carbocycles. The number of rotatable bonds is 1. The van der Waals surface area contributed by atoms with Crippen molar-refractivity contribution in [2.24, 2.45) is 5.90 Å². The minimum Gasteiger partial charge on any atom is -0.356 e. The molecule has 0 atom stereocenters. The molecule has 0 aliphatic heterocycles.